The van der Waals surface area contributed by atoms with Gasteiger partial charge in [0.15, 0.2) is 17.4 Å². The minimum absolute atomic E-state index is 0.0307. The Morgan fingerprint density at radius 3 is 2.55 bits per heavy atom. The highest BCUT2D eigenvalue weighted by Gasteiger charge is 2.53. The number of imidazole rings is 1. The highest BCUT2D eigenvalue weighted by molar-refractivity contribution is 7.47. The number of nitrogens with zero attached hydrogens (tertiary/aromatic N) is 5. The summed E-state index contributed by atoms with van der Waals surface area (Å²) < 4.78 is 37.7. The number of nitrogen functional groups attached to an aromatic ring is 1. The number of fused-ring (bicyclic) bond motifs is 4. The molecule has 1 unspecified atom stereocenters. The van der Waals surface area contributed by atoms with Crippen LogP contribution in [0.4, 0.5) is 17.6 Å². The first-order valence-corrected chi connectivity index (χ1v) is 21.4. The number of benzene rings is 3. The predicted molar refractivity (Wildman–Crippen MR) is 229 cm³/mol. The molecule has 0 bridgehead atoms. The van der Waals surface area contributed by atoms with Crippen LogP contribution in [0.5, 0.6) is 0 Å². The van der Waals surface area contributed by atoms with Gasteiger partial charge >= 0.3 is 13.8 Å². The molecule has 2 aromatic heterocycles. The van der Waals surface area contributed by atoms with Crippen molar-refractivity contribution in [3.05, 3.63) is 81.4 Å². The summed E-state index contributed by atoms with van der Waals surface area (Å²) in [5.41, 5.74) is 8.76. The summed E-state index contributed by atoms with van der Waals surface area (Å²) in [6, 6.07) is 16.1. The molecule has 2 fully saturated rings. The number of hydrogen-bond donors (Lipinski definition) is 7. The SMILES string of the molecule is CN(C)c1ccc2c(-c3cc(C(=O)NCCCCCCNc4nc5c(=O)[nH]c(N)nc5n4[C@@H]4O[C@@H]5COP(=O)(O)O[C@H]5[C@H]4O)ccc3C(=O)O)c3ccc(=[N+](C)C)cc-3oc2c1. The Hall–Kier alpha value is -6.15. The quantitative estimate of drug-likeness (QED) is 0.0380. The molecule has 0 spiro atoms. The van der Waals surface area contributed by atoms with Gasteiger partial charge in [0.05, 0.1) is 18.2 Å². The van der Waals surface area contributed by atoms with E-state index in [0.29, 0.717) is 64.9 Å². The number of unbranched alkanes of at least 4 members (excludes halogenated alkanes) is 3. The zero-order chi connectivity index (χ0) is 44.0. The number of aliphatic hydroxyl groups excluding tert-OH is 1. The van der Waals surface area contributed by atoms with Crippen LogP contribution in [0.2, 0.25) is 0 Å². The number of ether oxygens (including phenoxy) is 1. The average molecular weight is 873 g/mol. The summed E-state index contributed by atoms with van der Waals surface area (Å²) in [6.07, 6.45) is -1.90. The van der Waals surface area contributed by atoms with Crippen LogP contribution in [0.25, 0.3) is 44.6 Å². The van der Waals surface area contributed by atoms with E-state index < -0.39 is 43.9 Å². The Kier molecular flexibility index (Phi) is 11.6. The molecule has 1 amide bonds. The third-order valence-corrected chi connectivity index (χ3v) is 12.0. The second-order valence-corrected chi connectivity index (χ2v) is 17.0. The Bertz CT molecular complexity index is 2870. The highest BCUT2D eigenvalue weighted by atomic mass is 31.2. The molecule has 5 heterocycles. The minimum Gasteiger partial charge on any atom is -0.478 e. The van der Waals surface area contributed by atoms with E-state index in [1.54, 1.807) is 6.07 Å². The van der Waals surface area contributed by atoms with Crippen molar-refractivity contribution in [1.82, 2.24) is 29.4 Å². The van der Waals surface area contributed by atoms with E-state index in [9.17, 15) is 34.1 Å². The monoisotopic (exact) mass is 872 g/mol. The fraction of sp³-hybridized carbons (Fsp3) is 0.366. The van der Waals surface area contributed by atoms with Gasteiger partial charge in [0, 0.05) is 67.1 Å². The van der Waals surface area contributed by atoms with Gasteiger partial charge in [-0.2, -0.15) is 4.98 Å². The molecule has 2 saturated heterocycles. The summed E-state index contributed by atoms with van der Waals surface area (Å²) in [7, 11) is 3.32. The molecule has 20 nitrogen and oxygen atoms in total. The fourth-order valence-corrected chi connectivity index (χ4v) is 8.78. The van der Waals surface area contributed by atoms with Gasteiger partial charge in [0.2, 0.25) is 17.3 Å². The van der Waals surface area contributed by atoms with Crippen LogP contribution in [-0.4, -0.2) is 113 Å². The zero-order valence-electron chi connectivity index (χ0n) is 34.3. The van der Waals surface area contributed by atoms with Gasteiger partial charge in [-0.05, 0) is 54.8 Å². The lowest BCUT2D eigenvalue weighted by Gasteiger charge is -2.27. The van der Waals surface area contributed by atoms with Crippen LogP contribution >= 0.6 is 7.82 Å². The summed E-state index contributed by atoms with van der Waals surface area (Å²) in [5, 5.41) is 29.2. The van der Waals surface area contributed by atoms with E-state index in [4.69, 9.17) is 23.9 Å². The third-order valence-electron chi connectivity index (χ3n) is 11.0. The molecule has 326 valence electrons. The maximum atomic E-state index is 13.6. The van der Waals surface area contributed by atoms with Crippen LogP contribution in [0.1, 0.15) is 52.6 Å². The van der Waals surface area contributed by atoms with Crippen molar-refractivity contribution in [3.63, 3.8) is 0 Å². The second kappa shape index (κ2) is 17.0. The first-order valence-electron chi connectivity index (χ1n) is 19.9. The van der Waals surface area contributed by atoms with E-state index in [0.717, 1.165) is 23.9 Å². The molecule has 2 aromatic carbocycles. The number of aromatic nitrogens is 4. The molecule has 4 aromatic rings. The number of carbonyl (C=O) groups excluding carboxylic acids is 1. The van der Waals surface area contributed by atoms with Gasteiger partial charge in [-0.25, -0.2) is 18.9 Å². The number of nitrogens with one attached hydrogen (secondary N) is 3. The smallest absolute Gasteiger partial charge is 0.472 e. The number of aromatic carboxylic acids is 1. The number of nitrogens with two attached hydrogens (primary N) is 1. The van der Waals surface area contributed by atoms with Gasteiger partial charge < -0.3 is 45.5 Å². The normalized spacial score (nSPS) is 21.0. The van der Waals surface area contributed by atoms with Gasteiger partial charge in [-0.3, -0.25) is 28.2 Å². The van der Waals surface area contributed by atoms with Crippen LogP contribution < -0.4 is 36.8 Å². The first-order chi connectivity index (χ1) is 29.6. The number of carboxylic acid groups (broad SMARTS) is 1. The topological polar surface area (TPSA) is 273 Å². The molecule has 3 aliphatic heterocycles. The molecule has 21 heteroatoms. The summed E-state index contributed by atoms with van der Waals surface area (Å²) in [6.45, 7) is 0.466. The summed E-state index contributed by atoms with van der Waals surface area (Å²) in [5.74, 6) is -0.933. The van der Waals surface area contributed by atoms with Crippen molar-refractivity contribution in [2.45, 2.75) is 50.2 Å². The molecule has 1 aliphatic carbocycles. The van der Waals surface area contributed by atoms with Gasteiger partial charge in [0.1, 0.15) is 43.8 Å². The molecule has 4 aliphatic rings. The number of phosphoric acid groups is 1. The average Bonchev–Trinajstić information content (AvgIpc) is 3.75. The van der Waals surface area contributed by atoms with Crippen molar-refractivity contribution in [2.75, 3.05) is 63.8 Å². The van der Waals surface area contributed by atoms with Gasteiger partial charge in [-0.1, -0.05) is 12.8 Å². The minimum atomic E-state index is -4.39. The summed E-state index contributed by atoms with van der Waals surface area (Å²) in [4.78, 5) is 61.7. The van der Waals surface area contributed by atoms with E-state index in [-0.39, 0.29) is 41.1 Å². The van der Waals surface area contributed by atoms with Crippen molar-refractivity contribution in [3.8, 4) is 22.5 Å². The lowest BCUT2D eigenvalue weighted by Crippen LogP contribution is -2.39. The van der Waals surface area contributed by atoms with E-state index in [2.05, 4.69) is 25.6 Å². The Morgan fingerprint density at radius 2 is 1.81 bits per heavy atom. The third kappa shape index (κ3) is 8.27. The molecule has 0 saturated carbocycles. The number of amides is 1. The van der Waals surface area contributed by atoms with Gasteiger partial charge in [0.25, 0.3) is 11.5 Å². The maximum absolute atomic E-state index is 13.6. The number of aliphatic hydroxyl groups is 1. The lowest BCUT2D eigenvalue weighted by atomic mass is 9.89. The van der Waals surface area contributed by atoms with E-state index in [1.807, 2.05) is 74.1 Å². The van der Waals surface area contributed by atoms with Crippen molar-refractivity contribution >= 4 is 59.4 Å². The molecule has 0 radical (unpaired) electrons. The van der Waals surface area contributed by atoms with Crippen molar-refractivity contribution in [2.24, 2.45) is 0 Å². The first kappa shape index (κ1) is 42.5. The number of aromatic amines is 1. The maximum Gasteiger partial charge on any atom is 0.472 e. The Labute approximate surface area is 353 Å². The molecule has 8 rings (SSSR count). The highest BCUT2D eigenvalue weighted by Crippen LogP contribution is 2.53. The summed E-state index contributed by atoms with van der Waals surface area (Å²) >= 11 is 0. The number of phosphoric ester groups is 1. The number of anilines is 3. The Balaban J connectivity index is 0.932. The standard InChI is InChI=1S/C41H46N9O11P/c1-48(2)22-10-13-25-28(18-22)59-29-19-23(49(3)4)11-14-26(29)31(25)27-17-21(9-12-24(27)39(54)55)36(52)43-15-7-5-6-8-16-44-41-45-32-35(46-40(42)47-37(32)53)50(41)38-33(51)34-30(60-38)20-58-62(56,57)61-34/h9-14,17-19,30,33-34,38,51H,5-8,15-16,20H2,1-4H3,(H6-,42,43,44,45,46,47,52,53,54,55,56,57)/p+1/t30-,33-,34-,38-/m1/s1. The van der Waals surface area contributed by atoms with Crippen LogP contribution in [0.15, 0.2) is 63.8 Å². The van der Waals surface area contributed by atoms with Crippen molar-refractivity contribution < 1.29 is 47.5 Å². The van der Waals surface area contributed by atoms with Crippen molar-refractivity contribution in [1.29, 1.82) is 0 Å². The van der Waals surface area contributed by atoms with Gasteiger partial charge in [-0.15, -0.1) is 0 Å². The zero-order valence-corrected chi connectivity index (χ0v) is 35.2. The number of rotatable bonds is 13. The van der Waals surface area contributed by atoms with Crippen LogP contribution in [-0.2, 0) is 18.3 Å². The predicted octanol–water partition coefficient (Wildman–Crippen LogP) is 3.19. The molecule has 8 N–H and O–H groups in total. The molecular formula is C41H47N9O11P+. The molecule has 62 heavy (non-hydrogen) atoms. The second-order valence-electron chi connectivity index (χ2n) is 15.6. The van der Waals surface area contributed by atoms with Crippen LogP contribution in [0, 0.1) is 0 Å². The number of H-pyrrole nitrogens is 1. The number of hydrogen-bond acceptors (Lipinski definition) is 14. The largest absolute Gasteiger partial charge is 0.478 e. The van der Waals surface area contributed by atoms with Crippen LogP contribution in [0.3, 0.4) is 0 Å². The number of carbonyl (C=O) groups is 2. The molecular weight excluding hydrogens is 825 g/mol. The molecule has 5 atom stereocenters. The van der Waals surface area contributed by atoms with E-state index >= 15 is 0 Å². The Morgan fingerprint density at radius 1 is 1.03 bits per heavy atom. The fourth-order valence-electron chi connectivity index (χ4n) is 7.82. The number of carboxylic acids is 1. The lowest BCUT2D eigenvalue weighted by molar-refractivity contribution is -0.0659. The van der Waals surface area contributed by atoms with E-state index in [1.165, 1.54) is 16.7 Å².